The van der Waals surface area contributed by atoms with Gasteiger partial charge in [0.15, 0.2) is 0 Å². The molecule has 0 bridgehead atoms. The van der Waals surface area contributed by atoms with E-state index in [0.717, 1.165) is 30.6 Å². The van der Waals surface area contributed by atoms with Crippen molar-refractivity contribution in [2.24, 2.45) is 39.9 Å². The van der Waals surface area contributed by atoms with E-state index in [-0.39, 0.29) is 11.2 Å². The van der Waals surface area contributed by atoms with Crippen LogP contribution in [0, 0.1) is 39.9 Å². The van der Waals surface area contributed by atoms with E-state index in [1.165, 1.54) is 56.9 Å². The summed E-state index contributed by atoms with van der Waals surface area (Å²) in [6.07, 6.45) is 15.2. The van der Waals surface area contributed by atoms with Crippen molar-refractivity contribution in [3.8, 4) is 0 Å². The number of allylic oxidation sites excluding steroid dienone is 2. The zero-order chi connectivity index (χ0) is 23.6. The lowest BCUT2D eigenvalue weighted by Gasteiger charge is -2.65. The number of ether oxygens (including phenoxy) is 1. The lowest BCUT2D eigenvalue weighted by atomic mass is 9.39. The third-order valence-electron chi connectivity index (χ3n) is 11.9. The third-order valence-corrected chi connectivity index (χ3v) is 11.9. The summed E-state index contributed by atoms with van der Waals surface area (Å²) in [6, 6.07) is 0. The summed E-state index contributed by atoms with van der Waals surface area (Å²) in [6.45, 7) is 20.0. The minimum absolute atomic E-state index is 0.0143. The molecular weight excluding hydrogens is 392 g/mol. The van der Waals surface area contributed by atoms with Crippen molar-refractivity contribution < 1.29 is 9.84 Å². The number of aliphatic hydroxyl groups is 1. The average molecular weight is 445 g/mol. The van der Waals surface area contributed by atoms with Crippen LogP contribution < -0.4 is 0 Å². The smallest absolute Gasteiger partial charge is 0.101 e. The summed E-state index contributed by atoms with van der Waals surface area (Å²) in [7, 11) is 0. The number of fused-ring (bicyclic) bond motifs is 3. The Morgan fingerprint density at radius 2 is 1.69 bits per heavy atom. The highest BCUT2D eigenvalue weighted by Crippen LogP contribution is 2.77. The van der Waals surface area contributed by atoms with E-state index in [4.69, 9.17) is 4.74 Å². The van der Waals surface area contributed by atoms with Crippen LogP contribution in [0.15, 0.2) is 11.6 Å². The molecule has 0 aromatic rings. The van der Waals surface area contributed by atoms with Crippen molar-refractivity contribution >= 4 is 0 Å². The minimum atomic E-state index is 0.0143. The molecule has 184 valence electrons. The molecule has 2 heteroatoms. The van der Waals surface area contributed by atoms with Gasteiger partial charge in [-0.15, -0.1) is 0 Å². The largest absolute Gasteiger partial charge is 0.396 e. The molecule has 1 heterocycles. The molecule has 0 aromatic heterocycles. The molecule has 8 atom stereocenters. The van der Waals surface area contributed by atoms with Crippen LogP contribution in [0.1, 0.15) is 120 Å². The van der Waals surface area contributed by atoms with E-state index in [0.29, 0.717) is 28.8 Å². The number of rotatable bonds is 7. The molecule has 4 fully saturated rings. The molecule has 3 aliphatic carbocycles. The Hall–Kier alpha value is -0.340. The zero-order valence-electron chi connectivity index (χ0n) is 22.5. The maximum Gasteiger partial charge on any atom is 0.101 e. The fourth-order valence-corrected chi connectivity index (χ4v) is 9.97. The van der Waals surface area contributed by atoms with Crippen molar-refractivity contribution in [3.05, 3.63) is 11.6 Å². The molecule has 2 nitrogen and oxygen atoms in total. The fourth-order valence-electron chi connectivity index (χ4n) is 9.97. The molecule has 1 unspecified atom stereocenters. The van der Waals surface area contributed by atoms with Gasteiger partial charge in [-0.2, -0.15) is 0 Å². The zero-order valence-corrected chi connectivity index (χ0v) is 22.5. The van der Waals surface area contributed by atoms with Gasteiger partial charge in [0.2, 0.25) is 0 Å². The van der Waals surface area contributed by atoms with Gasteiger partial charge >= 0.3 is 0 Å². The lowest BCUT2D eigenvalue weighted by Crippen LogP contribution is -2.61. The quantitative estimate of drug-likeness (QED) is 0.319. The lowest BCUT2D eigenvalue weighted by molar-refractivity contribution is -0.172. The number of aliphatic hydroxyl groups excluding tert-OH is 1. The first kappa shape index (κ1) is 24.8. The molecule has 1 saturated heterocycles. The predicted octanol–water partition coefficient (Wildman–Crippen LogP) is 7.94. The Kier molecular flexibility index (Phi) is 6.28. The molecule has 1 N–H and O–H groups in total. The van der Waals surface area contributed by atoms with Gasteiger partial charge in [0.25, 0.3) is 0 Å². The molecule has 1 aliphatic heterocycles. The number of epoxide rings is 1. The van der Waals surface area contributed by atoms with Crippen molar-refractivity contribution in [3.63, 3.8) is 0 Å². The van der Waals surface area contributed by atoms with Crippen LogP contribution >= 0.6 is 0 Å². The summed E-state index contributed by atoms with van der Waals surface area (Å²) in [5.41, 5.74) is 2.79. The summed E-state index contributed by atoms with van der Waals surface area (Å²) in [4.78, 5) is 0. The third kappa shape index (κ3) is 3.40. The summed E-state index contributed by atoms with van der Waals surface area (Å²) < 4.78 is 6.56. The van der Waals surface area contributed by atoms with Gasteiger partial charge in [-0.05, 0) is 132 Å². The van der Waals surface area contributed by atoms with Crippen LogP contribution in [0.2, 0.25) is 0 Å². The second kappa shape index (κ2) is 8.11. The van der Waals surface area contributed by atoms with Gasteiger partial charge in [-0.3, -0.25) is 0 Å². The standard InChI is InChI=1S/C30H52O2/c1-21(2)11-9-12-22(3)23-14-16-29(8)24-15-17-30(26(4,5)32-30)25(13-10-20-31)27(24,6)18-19-28(23,29)7/h11,22-25,31H,9-10,12-20H2,1-8H3/t22-,23-,24-,25-,27+,28-,29+,30?/m0/s1. The van der Waals surface area contributed by atoms with Gasteiger partial charge in [0, 0.05) is 6.61 Å². The van der Waals surface area contributed by atoms with E-state index >= 15 is 0 Å². The Balaban J connectivity index is 1.60. The Labute approximate surface area is 199 Å². The number of hydrogen-bond donors (Lipinski definition) is 1. The Bertz CT molecular complexity index is 735. The van der Waals surface area contributed by atoms with Crippen LogP contribution in [0.4, 0.5) is 0 Å². The molecule has 0 radical (unpaired) electrons. The molecule has 32 heavy (non-hydrogen) atoms. The Morgan fingerprint density at radius 3 is 2.28 bits per heavy atom. The first-order chi connectivity index (χ1) is 14.9. The van der Waals surface area contributed by atoms with Crippen LogP contribution in [0.25, 0.3) is 0 Å². The number of hydrogen-bond acceptors (Lipinski definition) is 2. The highest BCUT2D eigenvalue weighted by Gasteiger charge is 2.76. The maximum absolute atomic E-state index is 9.70. The SMILES string of the molecule is CC(C)=CCC[C@H](C)[C@@H]1CC[C@]2(C)[C@H]3CCC4(OC4(C)C)[C@@H](CCCO)[C@]3(C)CC[C@@]12C. The molecule has 4 rings (SSSR count). The van der Waals surface area contributed by atoms with Crippen LogP contribution in [-0.2, 0) is 4.74 Å². The fraction of sp³-hybridized carbons (Fsp3) is 0.933. The Morgan fingerprint density at radius 1 is 1.00 bits per heavy atom. The van der Waals surface area contributed by atoms with Gasteiger partial charge in [-0.1, -0.05) is 39.3 Å². The molecule has 0 aromatic carbocycles. The first-order valence-electron chi connectivity index (χ1n) is 13.8. The summed E-state index contributed by atoms with van der Waals surface area (Å²) >= 11 is 0. The van der Waals surface area contributed by atoms with Crippen LogP contribution in [0.5, 0.6) is 0 Å². The second-order valence-corrected chi connectivity index (χ2v) is 13.8. The first-order valence-corrected chi connectivity index (χ1v) is 13.8. The summed E-state index contributed by atoms with van der Waals surface area (Å²) in [5, 5.41) is 9.70. The van der Waals surface area contributed by atoms with Crippen molar-refractivity contribution in [2.75, 3.05) is 6.61 Å². The molecule has 3 saturated carbocycles. The van der Waals surface area contributed by atoms with Gasteiger partial charge in [-0.25, -0.2) is 0 Å². The highest BCUT2D eigenvalue weighted by atomic mass is 16.6. The van der Waals surface area contributed by atoms with E-state index in [2.05, 4.69) is 61.5 Å². The van der Waals surface area contributed by atoms with Gasteiger partial charge in [0.1, 0.15) is 5.60 Å². The minimum Gasteiger partial charge on any atom is -0.396 e. The topological polar surface area (TPSA) is 32.8 Å². The normalized spacial score (nSPS) is 47.6. The predicted molar refractivity (Wildman–Crippen MR) is 135 cm³/mol. The molecule has 0 amide bonds. The van der Waals surface area contributed by atoms with Crippen LogP contribution in [0.3, 0.4) is 0 Å². The molecular formula is C30H52O2. The molecule has 4 aliphatic rings. The van der Waals surface area contributed by atoms with Gasteiger partial charge in [0.05, 0.1) is 5.60 Å². The average Bonchev–Trinajstić information content (AvgIpc) is 3.12. The van der Waals surface area contributed by atoms with E-state index in [1.54, 1.807) is 0 Å². The van der Waals surface area contributed by atoms with E-state index < -0.39 is 0 Å². The van der Waals surface area contributed by atoms with Gasteiger partial charge < -0.3 is 9.84 Å². The van der Waals surface area contributed by atoms with E-state index in [9.17, 15) is 5.11 Å². The maximum atomic E-state index is 9.70. The van der Waals surface area contributed by atoms with Crippen LogP contribution in [-0.4, -0.2) is 22.9 Å². The van der Waals surface area contributed by atoms with Crippen molar-refractivity contribution in [1.82, 2.24) is 0 Å². The van der Waals surface area contributed by atoms with Crippen molar-refractivity contribution in [2.45, 2.75) is 131 Å². The monoisotopic (exact) mass is 444 g/mol. The molecule has 1 spiro atoms. The summed E-state index contributed by atoms with van der Waals surface area (Å²) in [5.74, 6) is 3.06. The van der Waals surface area contributed by atoms with Crippen molar-refractivity contribution in [1.29, 1.82) is 0 Å². The highest BCUT2D eigenvalue weighted by molar-refractivity contribution is 5.24. The van der Waals surface area contributed by atoms with E-state index in [1.807, 2.05) is 0 Å². The second-order valence-electron chi connectivity index (χ2n) is 13.8.